The molecule has 9 nitrogen and oxygen atoms in total. The van der Waals surface area contributed by atoms with E-state index in [4.69, 9.17) is 5.73 Å². The van der Waals surface area contributed by atoms with Gasteiger partial charge in [-0.1, -0.05) is 0 Å². The molecule has 0 atom stereocenters. The zero-order valence-electron chi connectivity index (χ0n) is 13.4. The van der Waals surface area contributed by atoms with E-state index >= 15 is 0 Å². The summed E-state index contributed by atoms with van der Waals surface area (Å²) in [6, 6.07) is 7.83. The number of benzene rings is 2. The van der Waals surface area contributed by atoms with Gasteiger partial charge in [-0.25, -0.2) is 0 Å². The number of non-ortho nitro benzene ring substituents is 1. The van der Waals surface area contributed by atoms with E-state index in [0.29, 0.717) is 5.69 Å². The minimum Gasteiger partial charge on any atom is -0.507 e. The summed E-state index contributed by atoms with van der Waals surface area (Å²) < 4.78 is 24.4. The van der Waals surface area contributed by atoms with Crippen molar-refractivity contribution in [2.75, 3.05) is 5.73 Å². The number of anilines is 1. The maximum Gasteiger partial charge on any atom is 0.276 e. The molecular weight excluding hydrogens is 348 g/mol. The predicted octanol–water partition coefficient (Wildman–Crippen LogP) is 1.89. The highest BCUT2D eigenvalue weighted by atomic mass is 32.2. The molecule has 0 unspecified atom stereocenters. The van der Waals surface area contributed by atoms with E-state index in [0.717, 1.165) is 6.07 Å². The third kappa shape index (κ3) is 4.04. The van der Waals surface area contributed by atoms with Gasteiger partial charge in [0.05, 0.1) is 15.5 Å². The molecule has 2 aromatic carbocycles. The summed E-state index contributed by atoms with van der Waals surface area (Å²) >= 11 is 0. The van der Waals surface area contributed by atoms with Crippen LogP contribution in [0.1, 0.15) is 18.1 Å². The lowest BCUT2D eigenvalue weighted by atomic mass is 10.1. The Kier molecular flexibility index (Phi) is 4.93. The summed E-state index contributed by atoms with van der Waals surface area (Å²) in [5.41, 5.74) is 6.10. The Balaban J connectivity index is 2.36. The first-order valence-corrected chi connectivity index (χ1v) is 8.50. The Morgan fingerprint density at radius 3 is 2.44 bits per heavy atom. The highest BCUT2D eigenvalue weighted by Crippen LogP contribution is 2.28. The van der Waals surface area contributed by atoms with Gasteiger partial charge in [-0.2, -0.15) is 18.4 Å². The van der Waals surface area contributed by atoms with Gasteiger partial charge in [-0.3, -0.25) is 10.1 Å². The average Bonchev–Trinajstić information content (AvgIpc) is 2.55. The molecular formula is C15H16N4O5S. The molecule has 0 radical (unpaired) electrons. The van der Waals surface area contributed by atoms with Crippen LogP contribution in [0.3, 0.4) is 0 Å². The van der Waals surface area contributed by atoms with E-state index in [-0.39, 0.29) is 33.2 Å². The largest absolute Gasteiger partial charge is 0.507 e. The molecule has 4 N–H and O–H groups in total. The molecule has 0 amide bonds. The fourth-order valence-corrected chi connectivity index (χ4v) is 2.89. The van der Waals surface area contributed by atoms with E-state index in [1.54, 1.807) is 0 Å². The molecule has 0 aliphatic rings. The van der Waals surface area contributed by atoms with Gasteiger partial charge < -0.3 is 10.8 Å². The Bertz CT molecular complexity index is 953. The summed E-state index contributed by atoms with van der Waals surface area (Å²) in [5, 5.41) is 24.7. The van der Waals surface area contributed by atoms with Crippen molar-refractivity contribution < 1.29 is 18.4 Å². The Hall–Kier alpha value is -3.14. The van der Waals surface area contributed by atoms with Gasteiger partial charge in [0, 0.05) is 23.4 Å². The maximum absolute atomic E-state index is 12.2. The number of aryl methyl sites for hydroxylation is 1. The zero-order chi connectivity index (χ0) is 18.8. The minimum atomic E-state index is -3.94. The molecule has 2 aromatic rings. The first kappa shape index (κ1) is 18.2. The van der Waals surface area contributed by atoms with Gasteiger partial charge in [0.2, 0.25) is 0 Å². The Morgan fingerprint density at radius 1 is 1.28 bits per heavy atom. The van der Waals surface area contributed by atoms with Crippen LogP contribution < -0.4 is 10.6 Å². The number of nitrogens with zero attached hydrogens (tertiary/aromatic N) is 2. The van der Waals surface area contributed by atoms with Crippen molar-refractivity contribution in [1.29, 1.82) is 0 Å². The molecule has 0 saturated heterocycles. The standard InChI is InChI=1S/C15H16N4O5S/c1-9-7-12(19(21)22)8-14(15(9)20)10(2)17-18-25(23,24)13-5-3-11(16)4-6-13/h3-8,18,20H,16H2,1-2H3/b17-10+. The quantitative estimate of drug-likeness (QED) is 0.319. The fourth-order valence-electron chi connectivity index (χ4n) is 2.03. The lowest BCUT2D eigenvalue weighted by molar-refractivity contribution is -0.384. The van der Waals surface area contributed by atoms with Crippen molar-refractivity contribution in [3.63, 3.8) is 0 Å². The Morgan fingerprint density at radius 2 is 1.88 bits per heavy atom. The third-order valence-electron chi connectivity index (χ3n) is 3.41. The van der Waals surface area contributed by atoms with E-state index in [2.05, 4.69) is 5.10 Å². The van der Waals surface area contributed by atoms with Gasteiger partial charge in [0.1, 0.15) is 5.75 Å². The summed E-state index contributed by atoms with van der Waals surface area (Å²) in [6.45, 7) is 2.92. The van der Waals surface area contributed by atoms with Crippen molar-refractivity contribution >= 4 is 27.1 Å². The van der Waals surface area contributed by atoms with Gasteiger partial charge in [0.15, 0.2) is 0 Å². The lowest BCUT2D eigenvalue weighted by Gasteiger charge is -2.08. The lowest BCUT2D eigenvalue weighted by Crippen LogP contribution is -2.20. The van der Waals surface area contributed by atoms with E-state index < -0.39 is 14.9 Å². The predicted molar refractivity (Wildman–Crippen MR) is 92.9 cm³/mol. The number of hydrogen-bond donors (Lipinski definition) is 3. The monoisotopic (exact) mass is 364 g/mol. The van der Waals surface area contributed by atoms with Crippen molar-refractivity contribution in [3.8, 4) is 5.75 Å². The van der Waals surface area contributed by atoms with Gasteiger partial charge in [-0.05, 0) is 43.7 Å². The van der Waals surface area contributed by atoms with Crippen LogP contribution in [-0.2, 0) is 10.0 Å². The molecule has 0 bridgehead atoms. The number of nitro benzene ring substituents is 1. The maximum atomic E-state index is 12.2. The molecule has 0 heterocycles. The van der Waals surface area contributed by atoms with Crippen molar-refractivity contribution in [2.24, 2.45) is 5.10 Å². The van der Waals surface area contributed by atoms with Crippen LogP contribution in [0.5, 0.6) is 5.75 Å². The van der Waals surface area contributed by atoms with Crippen LogP contribution in [0.4, 0.5) is 11.4 Å². The first-order valence-electron chi connectivity index (χ1n) is 7.02. The second-order valence-electron chi connectivity index (χ2n) is 5.28. The van der Waals surface area contributed by atoms with Gasteiger partial charge in [0.25, 0.3) is 15.7 Å². The average molecular weight is 364 g/mol. The molecule has 0 aliphatic carbocycles. The summed E-state index contributed by atoms with van der Waals surface area (Å²) in [5.74, 6) is -0.210. The van der Waals surface area contributed by atoms with Crippen LogP contribution in [-0.4, -0.2) is 24.2 Å². The summed E-state index contributed by atoms with van der Waals surface area (Å²) in [6.07, 6.45) is 0. The highest BCUT2D eigenvalue weighted by molar-refractivity contribution is 7.89. The van der Waals surface area contributed by atoms with Gasteiger partial charge >= 0.3 is 0 Å². The van der Waals surface area contributed by atoms with Crippen molar-refractivity contribution in [1.82, 2.24) is 4.83 Å². The second-order valence-corrected chi connectivity index (χ2v) is 6.94. The molecule has 0 spiro atoms. The number of phenols is 1. The number of hydrazone groups is 1. The molecule has 0 aliphatic heterocycles. The number of phenolic OH excluding ortho intramolecular Hbond substituents is 1. The van der Waals surface area contributed by atoms with E-state index in [1.165, 1.54) is 44.2 Å². The minimum absolute atomic E-state index is 0.0438. The van der Waals surface area contributed by atoms with Crippen LogP contribution in [0.2, 0.25) is 0 Å². The van der Waals surface area contributed by atoms with E-state index in [9.17, 15) is 23.6 Å². The Labute approximate surface area is 144 Å². The molecule has 25 heavy (non-hydrogen) atoms. The summed E-state index contributed by atoms with van der Waals surface area (Å²) in [7, 11) is -3.94. The molecule has 0 aromatic heterocycles. The number of rotatable bonds is 5. The van der Waals surface area contributed by atoms with Crippen molar-refractivity contribution in [2.45, 2.75) is 18.7 Å². The topological polar surface area (TPSA) is 148 Å². The van der Waals surface area contributed by atoms with Gasteiger partial charge in [-0.15, -0.1) is 0 Å². The summed E-state index contributed by atoms with van der Waals surface area (Å²) in [4.78, 5) is 12.3. The first-order chi connectivity index (χ1) is 11.6. The number of nitrogen functional groups attached to an aromatic ring is 1. The number of hydrogen-bond acceptors (Lipinski definition) is 7. The SMILES string of the molecule is C/C(=N\NS(=O)(=O)c1ccc(N)cc1)c1cc([N+](=O)[O-])cc(C)c1O. The number of nitrogens with two attached hydrogens (primary N) is 1. The third-order valence-corrected chi connectivity index (χ3v) is 4.63. The highest BCUT2D eigenvalue weighted by Gasteiger charge is 2.17. The van der Waals surface area contributed by atoms with Crippen LogP contribution in [0, 0.1) is 17.0 Å². The van der Waals surface area contributed by atoms with Crippen LogP contribution in [0.25, 0.3) is 0 Å². The smallest absolute Gasteiger partial charge is 0.276 e. The van der Waals surface area contributed by atoms with Crippen molar-refractivity contribution in [3.05, 3.63) is 57.6 Å². The molecule has 132 valence electrons. The van der Waals surface area contributed by atoms with Crippen LogP contribution >= 0.6 is 0 Å². The van der Waals surface area contributed by atoms with Crippen LogP contribution in [0.15, 0.2) is 46.4 Å². The fraction of sp³-hybridized carbons (Fsp3) is 0.133. The normalized spacial score (nSPS) is 12.0. The number of aromatic hydroxyl groups is 1. The molecule has 10 heteroatoms. The molecule has 0 saturated carbocycles. The number of nitrogens with one attached hydrogen (secondary N) is 1. The number of sulfonamides is 1. The second kappa shape index (κ2) is 6.77. The molecule has 0 fully saturated rings. The number of nitro groups is 1. The molecule has 2 rings (SSSR count). The zero-order valence-corrected chi connectivity index (χ0v) is 14.2. The van der Waals surface area contributed by atoms with E-state index in [1.807, 2.05) is 4.83 Å².